The van der Waals surface area contributed by atoms with E-state index in [4.69, 9.17) is 28.2 Å². The molecule has 36 heavy (non-hydrogen) atoms. The Balaban J connectivity index is 1.60. The minimum Gasteiger partial charge on any atom is -0.480 e. The number of aromatic nitrogens is 4. The van der Waals surface area contributed by atoms with Crippen LogP contribution in [-0.2, 0) is 4.79 Å². The highest BCUT2D eigenvalue weighted by atomic mass is 35.5. The first-order chi connectivity index (χ1) is 17.4. The Labute approximate surface area is 218 Å². The number of anilines is 1. The van der Waals surface area contributed by atoms with Crippen molar-refractivity contribution in [3.63, 3.8) is 0 Å². The molecule has 1 aliphatic heterocycles. The standard InChI is InChI=1S/C26H26Cl2N6O2/c1-2-13-31-26(25(35)36)11-14-33(15-12-26)23-21-24(30-16-29-23)34(18-9-7-17(27)8-10-18)22(32-21)19-5-3-4-6-20(19)28/h3-10,16,31H,2,11-15H2,1H3,(H,35,36). The number of hydrogen-bond acceptors (Lipinski definition) is 6. The zero-order valence-corrected chi connectivity index (χ0v) is 21.3. The first-order valence-electron chi connectivity index (χ1n) is 11.9. The summed E-state index contributed by atoms with van der Waals surface area (Å²) in [5, 5.41) is 14.4. The van der Waals surface area contributed by atoms with Gasteiger partial charge in [0.1, 0.15) is 17.7 Å². The van der Waals surface area contributed by atoms with Crippen molar-refractivity contribution in [3.8, 4) is 17.1 Å². The van der Waals surface area contributed by atoms with Crippen LogP contribution >= 0.6 is 23.2 Å². The number of hydrogen-bond donors (Lipinski definition) is 2. The summed E-state index contributed by atoms with van der Waals surface area (Å²) in [6, 6.07) is 15.0. The summed E-state index contributed by atoms with van der Waals surface area (Å²) in [4.78, 5) is 28.4. The molecule has 1 saturated heterocycles. The van der Waals surface area contributed by atoms with E-state index in [9.17, 15) is 9.90 Å². The first kappa shape index (κ1) is 24.5. The highest BCUT2D eigenvalue weighted by Crippen LogP contribution is 2.36. The van der Waals surface area contributed by atoms with Crippen molar-refractivity contribution in [2.75, 3.05) is 24.5 Å². The van der Waals surface area contributed by atoms with E-state index in [2.05, 4.69) is 20.2 Å². The number of rotatable bonds is 7. The lowest BCUT2D eigenvalue weighted by atomic mass is 9.87. The van der Waals surface area contributed by atoms with Gasteiger partial charge in [-0.15, -0.1) is 0 Å². The minimum absolute atomic E-state index is 0.461. The Bertz CT molecular complexity index is 1400. The Morgan fingerprint density at radius 2 is 1.81 bits per heavy atom. The lowest BCUT2D eigenvalue weighted by molar-refractivity contribution is -0.145. The number of aliphatic carboxylic acids is 1. The van der Waals surface area contributed by atoms with Crippen LogP contribution < -0.4 is 10.2 Å². The van der Waals surface area contributed by atoms with E-state index in [1.54, 1.807) is 0 Å². The van der Waals surface area contributed by atoms with Crippen molar-refractivity contribution >= 4 is 46.2 Å². The van der Waals surface area contributed by atoms with Gasteiger partial charge in [0.25, 0.3) is 0 Å². The molecule has 2 aromatic heterocycles. The Kier molecular flexibility index (Phi) is 6.83. The molecule has 186 valence electrons. The number of piperidine rings is 1. The smallest absolute Gasteiger partial charge is 0.324 e. The third-order valence-corrected chi connectivity index (χ3v) is 7.25. The summed E-state index contributed by atoms with van der Waals surface area (Å²) in [7, 11) is 0. The molecule has 0 amide bonds. The molecule has 8 nitrogen and oxygen atoms in total. The van der Waals surface area contributed by atoms with Gasteiger partial charge in [-0.3, -0.25) is 9.36 Å². The molecule has 0 aliphatic carbocycles. The van der Waals surface area contributed by atoms with Crippen molar-refractivity contribution in [3.05, 3.63) is 64.9 Å². The molecule has 4 aromatic rings. The Morgan fingerprint density at radius 3 is 2.47 bits per heavy atom. The molecule has 2 N–H and O–H groups in total. The van der Waals surface area contributed by atoms with Gasteiger partial charge in [0.15, 0.2) is 17.0 Å². The van der Waals surface area contributed by atoms with Gasteiger partial charge in [-0.1, -0.05) is 42.3 Å². The van der Waals surface area contributed by atoms with Crippen LogP contribution in [0.2, 0.25) is 10.0 Å². The van der Waals surface area contributed by atoms with Crippen LogP contribution in [-0.4, -0.2) is 55.8 Å². The van der Waals surface area contributed by atoms with Crippen LogP contribution in [0.1, 0.15) is 26.2 Å². The third kappa shape index (κ3) is 4.40. The summed E-state index contributed by atoms with van der Waals surface area (Å²) in [5.74, 6) is 0.508. The highest BCUT2D eigenvalue weighted by Gasteiger charge is 2.41. The van der Waals surface area contributed by atoms with Crippen molar-refractivity contribution in [2.24, 2.45) is 0 Å². The second kappa shape index (κ2) is 10.0. The van der Waals surface area contributed by atoms with Crippen LogP contribution in [0.25, 0.3) is 28.2 Å². The van der Waals surface area contributed by atoms with E-state index in [1.165, 1.54) is 6.33 Å². The van der Waals surface area contributed by atoms with Crippen LogP contribution in [0.3, 0.4) is 0 Å². The molecule has 5 rings (SSSR count). The summed E-state index contributed by atoms with van der Waals surface area (Å²) >= 11 is 12.7. The molecule has 3 heterocycles. The Morgan fingerprint density at radius 1 is 1.08 bits per heavy atom. The molecular weight excluding hydrogens is 499 g/mol. The fourth-order valence-corrected chi connectivity index (χ4v) is 5.05. The van der Waals surface area contributed by atoms with Crippen LogP contribution in [0.15, 0.2) is 54.9 Å². The number of carboxylic acid groups (broad SMARTS) is 1. The predicted molar refractivity (Wildman–Crippen MR) is 142 cm³/mol. The van der Waals surface area contributed by atoms with Crippen molar-refractivity contribution < 1.29 is 9.90 Å². The molecule has 0 bridgehead atoms. The van der Waals surface area contributed by atoms with E-state index in [0.29, 0.717) is 65.3 Å². The average molecular weight is 525 g/mol. The maximum atomic E-state index is 12.1. The fraction of sp³-hybridized carbons (Fsp3) is 0.308. The molecule has 1 aliphatic rings. The second-order valence-corrected chi connectivity index (χ2v) is 9.74. The van der Waals surface area contributed by atoms with Gasteiger partial charge < -0.3 is 15.3 Å². The van der Waals surface area contributed by atoms with Crippen LogP contribution in [0.4, 0.5) is 5.82 Å². The summed E-state index contributed by atoms with van der Waals surface area (Å²) in [5.41, 5.74) is 1.95. The molecule has 0 saturated carbocycles. The summed E-state index contributed by atoms with van der Waals surface area (Å²) in [6.07, 6.45) is 3.32. The zero-order chi connectivity index (χ0) is 25.3. The lowest BCUT2D eigenvalue weighted by Gasteiger charge is -2.40. The monoisotopic (exact) mass is 524 g/mol. The Hall–Kier alpha value is -3.20. The van der Waals surface area contributed by atoms with E-state index >= 15 is 0 Å². The zero-order valence-electron chi connectivity index (χ0n) is 19.8. The van der Waals surface area contributed by atoms with E-state index in [-0.39, 0.29) is 0 Å². The maximum Gasteiger partial charge on any atom is 0.324 e. The molecule has 1 fully saturated rings. The number of carbonyl (C=O) groups is 1. The molecule has 0 atom stereocenters. The van der Waals surface area contributed by atoms with Crippen molar-refractivity contribution in [1.82, 2.24) is 24.8 Å². The lowest BCUT2D eigenvalue weighted by Crippen LogP contribution is -2.58. The number of carboxylic acids is 1. The van der Waals surface area contributed by atoms with Crippen molar-refractivity contribution in [1.29, 1.82) is 0 Å². The van der Waals surface area contributed by atoms with Gasteiger partial charge in [0, 0.05) is 29.4 Å². The second-order valence-electron chi connectivity index (χ2n) is 8.90. The number of nitrogens with zero attached hydrogens (tertiary/aromatic N) is 5. The third-order valence-electron chi connectivity index (χ3n) is 6.66. The van der Waals surface area contributed by atoms with E-state index in [0.717, 1.165) is 17.7 Å². The summed E-state index contributed by atoms with van der Waals surface area (Å²) < 4.78 is 1.95. The molecule has 10 heteroatoms. The van der Waals surface area contributed by atoms with Gasteiger partial charge in [0.2, 0.25) is 0 Å². The number of imidazole rings is 1. The molecular formula is C26H26Cl2N6O2. The topological polar surface area (TPSA) is 96.2 Å². The predicted octanol–water partition coefficient (Wildman–Crippen LogP) is 5.21. The van der Waals surface area contributed by atoms with Crippen LogP contribution in [0, 0.1) is 0 Å². The maximum absolute atomic E-state index is 12.1. The number of benzene rings is 2. The molecule has 0 radical (unpaired) electrons. The highest BCUT2D eigenvalue weighted by molar-refractivity contribution is 6.33. The van der Waals surface area contributed by atoms with E-state index in [1.807, 2.05) is 60.0 Å². The number of nitrogens with one attached hydrogen (secondary N) is 1. The van der Waals surface area contributed by atoms with Gasteiger partial charge in [0.05, 0.1) is 5.02 Å². The minimum atomic E-state index is -0.927. The van der Waals surface area contributed by atoms with E-state index < -0.39 is 11.5 Å². The molecule has 2 aromatic carbocycles. The van der Waals surface area contributed by atoms with Gasteiger partial charge in [-0.2, -0.15) is 0 Å². The average Bonchev–Trinajstić information content (AvgIpc) is 3.28. The van der Waals surface area contributed by atoms with Crippen molar-refractivity contribution in [2.45, 2.75) is 31.7 Å². The largest absolute Gasteiger partial charge is 0.480 e. The number of fused-ring (bicyclic) bond motifs is 1. The fourth-order valence-electron chi connectivity index (χ4n) is 4.70. The van der Waals surface area contributed by atoms with Gasteiger partial charge in [-0.25, -0.2) is 15.0 Å². The normalized spacial score (nSPS) is 15.4. The number of halogens is 2. The first-order valence-corrected chi connectivity index (χ1v) is 12.7. The molecule has 0 unspecified atom stereocenters. The van der Waals surface area contributed by atoms with Gasteiger partial charge in [-0.05, 0) is 62.2 Å². The molecule has 0 spiro atoms. The summed E-state index contributed by atoms with van der Waals surface area (Å²) in [6.45, 7) is 3.76. The van der Waals surface area contributed by atoms with Crippen LogP contribution in [0.5, 0.6) is 0 Å². The van der Waals surface area contributed by atoms with Gasteiger partial charge >= 0.3 is 5.97 Å². The SMILES string of the molecule is CCCNC1(C(=O)O)CCN(c2ncnc3c2nc(-c2ccccc2Cl)n3-c2ccc(Cl)cc2)CC1. The quantitative estimate of drug-likeness (QED) is 0.342.